The molecule has 6 aromatic carbocycles. The molecule has 0 saturated heterocycles. The number of para-hydroxylation sites is 1. The molecular weight excluding hydrogens is 526 g/mol. The standard InChI is InChI=1S/C34H27N5O3/c1-21-18-30(32(42-2)20-29(21)38-36-27-12-6-8-22-9-7-13-31(40)33(22)27)39-37-28-17-14-23-19-25(15-16-26(23)34(28)41)35-24-10-4-3-5-11-24/h3-20,35,40-41H,1-2H3/b38-36+,39-37+. The van der Waals surface area contributed by atoms with Crippen LogP contribution in [0.15, 0.2) is 130 Å². The molecule has 0 amide bonds. The molecule has 8 heteroatoms. The maximum atomic E-state index is 11.0. The van der Waals surface area contributed by atoms with E-state index in [9.17, 15) is 10.2 Å². The second-order valence-corrected chi connectivity index (χ2v) is 9.72. The van der Waals surface area contributed by atoms with Crippen molar-refractivity contribution in [2.24, 2.45) is 20.5 Å². The van der Waals surface area contributed by atoms with Crippen LogP contribution in [-0.4, -0.2) is 17.3 Å². The van der Waals surface area contributed by atoms with Crippen molar-refractivity contribution in [1.82, 2.24) is 0 Å². The van der Waals surface area contributed by atoms with E-state index in [1.807, 2.05) is 79.7 Å². The van der Waals surface area contributed by atoms with Crippen molar-refractivity contribution >= 4 is 55.7 Å². The minimum Gasteiger partial charge on any atom is -0.507 e. The molecule has 0 atom stereocenters. The van der Waals surface area contributed by atoms with Crippen molar-refractivity contribution in [3.8, 4) is 17.2 Å². The maximum Gasteiger partial charge on any atom is 0.150 e. The number of methoxy groups -OCH3 is 1. The van der Waals surface area contributed by atoms with Crippen LogP contribution in [0.2, 0.25) is 0 Å². The van der Waals surface area contributed by atoms with Gasteiger partial charge in [-0.05, 0) is 77.9 Å². The molecular formula is C34H27N5O3. The number of hydrogen-bond donors (Lipinski definition) is 3. The minimum absolute atomic E-state index is 0.0435. The first-order chi connectivity index (χ1) is 20.5. The Morgan fingerprint density at radius 2 is 1.33 bits per heavy atom. The Bertz CT molecular complexity index is 1980. The van der Waals surface area contributed by atoms with Gasteiger partial charge in [0.15, 0.2) is 5.75 Å². The van der Waals surface area contributed by atoms with Gasteiger partial charge in [0.2, 0.25) is 0 Å². The van der Waals surface area contributed by atoms with Crippen LogP contribution < -0.4 is 10.1 Å². The molecule has 0 bridgehead atoms. The van der Waals surface area contributed by atoms with Crippen LogP contribution in [0.4, 0.5) is 34.1 Å². The van der Waals surface area contributed by atoms with Gasteiger partial charge in [0.25, 0.3) is 0 Å². The highest BCUT2D eigenvalue weighted by Crippen LogP contribution is 2.40. The topological polar surface area (TPSA) is 111 Å². The third-order valence-electron chi connectivity index (χ3n) is 6.92. The molecule has 0 aliphatic heterocycles. The van der Waals surface area contributed by atoms with Crippen LogP contribution in [0, 0.1) is 6.92 Å². The highest BCUT2D eigenvalue weighted by molar-refractivity contribution is 5.97. The summed E-state index contributed by atoms with van der Waals surface area (Å²) >= 11 is 0. The molecule has 206 valence electrons. The summed E-state index contributed by atoms with van der Waals surface area (Å²) in [6.07, 6.45) is 0. The van der Waals surface area contributed by atoms with E-state index in [1.165, 1.54) is 0 Å². The number of aryl methyl sites for hydroxylation is 1. The number of anilines is 2. The summed E-state index contributed by atoms with van der Waals surface area (Å²) in [5.41, 5.74) is 4.67. The number of nitrogens with zero attached hydrogens (tertiary/aromatic N) is 4. The zero-order valence-electron chi connectivity index (χ0n) is 23.0. The second kappa shape index (κ2) is 11.4. The monoisotopic (exact) mass is 553 g/mol. The summed E-state index contributed by atoms with van der Waals surface area (Å²) in [6, 6.07) is 33.7. The number of rotatable bonds is 7. The summed E-state index contributed by atoms with van der Waals surface area (Å²) < 4.78 is 5.57. The average molecular weight is 554 g/mol. The molecule has 8 nitrogen and oxygen atoms in total. The highest BCUT2D eigenvalue weighted by Gasteiger charge is 2.11. The normalized spacial score (nSPS) is 11.6. The number of phenols is 2. The Labute approximate surface area is 242 Å². The van der Waals surface area contributed by atoms with Gasteiger partial charge in [-0.2, -0.15) is 5.11 Å². The fraction of sp³-hybridized carbons (Fsp3) is 0.0588. The van der Waals surface area contributed by atoms with Crippen LogP contribution in [0.1, 0.15) is 5.56 Å². The lowest BCUT2D eigenvalue weighted by Crippen LogP contribution is -1.89. The molecule has 0 spiro atoms. The summed E-state index contributed by atoms with van der Waals surface area (Å²) in [5, 5.41) is 45.3. The first kappa shape index (κ1) is 26.5. The molecule has 0 saturated carbocycles. The number of fused-ring (bicyclic) bond motifs is 2. The number of nitrogens with one attached hydrogen (secondary N) is 1. The Hall–Kier alpha value is -5.76. The van der Waals surface area contributed by atoms with Crippen LogP contribution in [0.3, 0.4) is 0 Å². The third-order valence-corrected chi connectivity index (χ3v) is 6.92. The maximum absolute atomic E-state index is 11.0. The lowest BCUT2D eigenvalue weighted by molar-refractivity contribution is 0.416. The van der Waals surface area contributed by atoms with Gasteiger partial charge in [-0.15, -0.1) is 15.3 Å². The Balaban J connectivity index is 1.26. The number of benzene rings is 6. The fourth-order valence-electron chi connectivity index (χ4n) is 4.76. The lowest BCUT2D eigenvalue weighted by Gasteiger charge is -2.10. The largest absolute Gasteiger partial charge is 0.507 e. The van der Waals surface area contributed by atoms with Crippen LogP contribution in [0.5, 0.6) is 17.2 Å². The molecule has 0 heterocycles. The quantitative estimate of drug-likeness (QED) is 0.171. The zero-order chi connectivity index (χ0) is 29.1. The van der Waals surface area contributed by atoms with Gasteiger partial charge in [-0.3, -0.25) is 0 Å². The minimum atomic E-state index is 0.0435. The van der Waals surface area contributed by atoms with Crippen molar-refractivity contribution in [1.29, 1.82) is 0 Å². The van der Waals surface area contributed by atoms with Crippen molar-refractivity contribution < 1.29 is 14.9 Å². The SMILES string of the molecule is COc1cc(/N=N/c2cccc3cccc(O)c23)c(C)cc1/N=N/c1ccc2cc(Nc3ccccc3)ccc2c1O. The first-order valence-electron chi connectivity index (χ1n) is 13.3. The molecule has 3 N–H and O–H groups in total. The predicted octanol–water partition coefficient (Wildman–Crippen LogP) is 10.3. The van der Waals surface area contributed by atoms with Crippen molar-refractivity contribution in [3.63, 3.8) is 0 Å². The van der Waals surface area contributed by atoms with Gasteiger partial charge in [0.05, 0.1) is 23.9 Å². The van der Waals surface area contributed by atoms with Gasteiger partial charge in [0, 0.05) is 22.8 Å². The van der Waals surface area contributed by atoms with Gasteiger partial charge < -0.3 is 20.3 Å². The summed E-state index contributed by atoms with van der Waals surface area (Å²) in [7, 11) is 1.54. The van der Waals surface area contributed by atoms with Crippen LogP contribution >= 0.6 is 0 Å². The molecule has 0 unspecified atom stereocenters. The molecule has 0 aliphatic rings. The van der Waals surface area contributed by atoms with Gasteiger partial charge in [-0.25, -0.2) is 0 Å². The lowest BCUT2D eigenvalue weighted by atomic mass is 10.1. The predicted molar refractivity (Wildman–Crippen MR) is 167 cm³/mol. The summed E-state index contributed by atoms with van der Waals surface area (Å²) in [4.78, 5) is 0. The van der Waals surface area contributed by atoms with E-state index in [2.05, 4.69) is 25.8 Å². The Kier molecular flexibility index (Phi) is 7.17. The van der Waals surface area contributed by atoms with Gasteiger partial charge in [-0.1, -0.05) is 48.5 Å². The summed E-state index contributed by atoms with van der Waals surface area (Å²) in [5.74, 6) is 0.645. The highest BCUT2D eigenvalue weighted by atomic mass is 16.5. The first-order valence-corrected chi connectivity index (χ1v) is 13.3. The van der Waals surface area contributed by atoms with E-state index in [0.29, 0.717) is 39.3 Å². The molecule has 0 aliphatic carbocycles. The molecule has 42 heavy (non-hydrogen) atoms. The fourth-order valence-corrected chi connectivity index (χ4v) is 4.76. The van der Waals surface area contributed by atoms with Crippen molar-refractivity contribution in [3.05, 3.63) is 115 Å². The van der Waals surface area contributed by atoms with E-state index < -0.39 is 0 Å². The number of aromatic hydroxyl groups is 2. The average Bonchev–Trinajstić information content (AvgIpc) is 3.01. The smallest absolute Gasteiger partial charge is 0.150 e. The van der Waals surface area contributed by atoms with E-state index in [-0.39, 0.29) is 11.5 Å². The number of phenolic OH excluding ortho intramolecular Hbond substituents is 2. The molecule has 0 aromatic heterocycles. The van der Waals surface area contributed by atoms with Crippen molar-refractivity contribution in [2.75, 3.05) is 12.4 Å². The third kappa shape index (κ3) is 5.33. The zero-order valence-corrected chi connectivity index (χ0v) is 23.0. The molecule has 0 fully saturated rings. The second-order valence-electron chi connectivity index (χ2n) is 9.72. The van der Waals surface area contributed by atoms with E-state index in [4.69, 9.17) is 4.74 Å². The number of azo groups is 2. The summed E-state index contributed by atoms with van der Waals surface area (Å²) in [6.45, 7) is 1.89. The van der Waals surface area contributed by atoms with Crippen LogP contribution in [0.25, 0.3) is 21.5 Å². The van der Waals surface area contributed by atoms with E-state index >= 15 is 0 Å². The van der Waals surface area contributed by atoms with Crippen molar-refractivity contribution in [2.45, 2.75) is 6.92 Å². The van der Waals surface area contributed by atoms with E-state index in [0.717, 1.165) is 27.7 Å². The number of ether oxygens (including phenoxy) is 1. The molecule has 0 radical (unpaired) electrons. The Morgan fingerprint density at radius 3 is 2.14 bits per heavy atom. The molecule has 6 rings (SSSR count). The van der Waals surface area contributed by atoms with Gasteiger partial charge in [0.1, 0.15) is 22.9 Å². The number of hydrogen-bond acceptors (Lipinski definition) is 8. The van der Waals surface area contributed by atoms with Gasteiger partial charge >= 0.3 is 0 Å². The van der Waals surface area contributed by atoms with Crippen LogP contribution in [-0.2, 0) is 0 Å². The molecule has 6 aromatic rings. The Morgan fingerprint density at radius 1 is 0.595 bits per heavy atom. The van der Waals surface area contributed by atoms with E-state index in [1.54, 1.807) is 43.5 Å².